The molecule has 1 saturated heterocycles. The van der Waals surface area contributed by atoms with E-state index in [-0.39, 0.29) is 24.0 Å². The van der Waals surface area contributed by atoms with Crippen LogP contribution in [-0.2, 0) is 11.3 Å². The van der Waals surface area contributed by atoms with E-state index in [1.165, 1.54) is 0 Å². The Labute approximate surface area is 179 Å². The molecule has 0 aliphatic carbocycles. The first-order chi connectivity index (χ1) is 12.8. The molecule has 1 aromatic rings. The molecular formula is C19H33IN4O3. The van der Waals surface area contributed by atoms with Crippen LogP contribution in [0.1, 0.15) is 18.9 Å². The predicted molar refractivity (Wildman–Crippen MR) is 120 cm³/mol. The molecule has 7 nitrogen and oxygen atoms in total. The van der Waals surface area contributed by atoms with Gasteiger partial charge in [-0.3, -0.25) is 4.90 Å². The van der Waals surface area contributed by atoms with Crippen LogP contribution in [0.2, 0.25) is 0 Å². The summed E-state index contributed by atoms with van der Waals surface area (Å²) < 4.78 is 16.0. The second-order valence-corrected chi connectivity index (χ2v) is 6.12. The number of halogens is 1. The predicted octanol–water partition coefficient (Wildman–Crippen LogP) is 2.10. The summed E-state index contributed by atoms with van der Waals surface area (Å²) in [6.45, 7) is 9.24. The van der Waals surface area contributed by atoms with Crippen molar-refractivity contribution in [3.63, 3.8) is 0 Å². The molecule has 1 aliphatic rings. The summed E-state index contributed by atoms with van der Waals surface area (Å²) in [6, 6.07) is 5.88. The SMILES string of the molecule is CCNC(=NCc1ccc(OC)c(OC)c1)NCCCN1CCOCC1.I. The maximum Gasteiger partial charge on any atom is 0.191 e. The van der Waals surface area contributed by atoms with E-state index in [9.17, 15) is 0 Å². The van der Waals surface area contributed by atoms with E-state index in [2.05, 4.69) is 27.4 Å². The number of nitrogens with one attached hydrogen (secondary N) is 2. The molecule has 0 radical (unpaired) electrons. The average molecular weight is 492 g/mol. The van der Waals surface area contributed by atoms with Gasteiger partial charge in [-0.05, 0) is 37.6 Å². The summed E-state index contributed by atoms with van der Waals surface area (Å²) in [4.78, 5) is 7.11. The van der Waals surface area contributed by atoms with Crippen LogP contribution >= 0.6 is 24.0 Å². The van der Waals surface area contributed by atoms with Crippen molar-refractivity contribution in [3.05, 3.63) is 23.8 Å². The number of hydrogen-bond acceptors (Lipinski definition) is 5. The number of guanidine groups is 1. The summed E-state index contributed by atoms with van der Waals surface area (Å²) in [5, 5.41) is 6.70. The maximum atomic E-state index is 5.38. The molecule has 2 rings (SSSR count). The number of aliphatic imine (C=N–C) groups is 1. The van der Waals surface area contributed by atoms with Gasteiger partial charge in [-0.15, -0.1) is 24.0 Å². The third-order valence-electron chi connectivity index (χ3n) is 4.26. The number of rotatable bonds is 9. The molecule has 0 bridgehead atoms. The molecule has 27 heavy (non-hydrogen) atoms. The molecule has 0 amide bonds. The van der Waals surface area contributed by atoms with Gasteiger partial charge in [0.15, 0.2) is 17.5 Å². The molecule has 1 aromatic carbocycles. The summed E-state index contributed by atoms with van der Waals surface area (Å²) >= 11 is 0. The first kappa shape index (κ1) is 23.8. The van der Waals surface area contributed by atoms with Crippen LogP contribution in [0.15, 0.2) is 23.2 Å². The monoisotopic (exact) mass is 492 g/mol. The van der Waals surface area contributed by atoms with E-state index in [0.29, 0.717) is 6.54 Å². The second-order valence-electron chi connectivity index (χ2n) is 6.12. The highest BCUT2D eigenvalue weighted by Crippen LogP contribution is 2.27. The molecule has 0 spiro atoms. The first-order valence-corrected chi connectivity index (χ1v) is 9.30. The van der Waals surface area contributed by atoms with E-state index < -0.39 is 0 Å². The van der Waals surface area contributed by atoms with Gasteiger partial charge in [0.05, 0.1) is 34.0 Å². The van der Waals surface area contributed by atoms with Crippen LogP contribution in [0.25, 0.3) is 0 Å². The average Bonchev–Trinajstić information content (AvgIpc) is 2.69. The lowest BCUT2D eigenvalue weighted by molar-refractivity contribution is 0.0376. The molecule has 0 unspecified atom stereocenters. The molecule has 0 atom stereocenters. The summed E-state index contributed by atoms with van der Waals surface area (Å²) in [6.07, 6.45) is 1.08. The quantitative estimate of drug-likeness (QED) is 0.238. The first-order valence-electron chi connectivity index (χ1n) is 9.30. The summed E-state index contributed by atoms with van der Waals surface area (Å²) in [5.41, 5.74) is 1.08. The third kappa shape index (κ3) is 8.52. The van der Waals surface area contributed by atoms with Crippen molar-refractivity contribution in [2.45, 2.75) is 19.9 Å². The highest BCUT2D eigenvalue weighted by atomic mass is 127. The standard InChI is InChI=1S/C19H32N4O3.HI/c1-4-20-19(21-8-5-9-23-10-12-26-13-11-23)22-15-16-6-7-17(24-2)18(14-16)25-3;/h6-7,14H,4-5,8-13,15H2,1-3H3,(H2,20,21,22);1H. The van der Waals surface area contributed by atoms with Crippen LogP contribution in [0.3, 0.4) is 0 Å². The van der Waals surface area contributed by atoms with Crippen LogP contribution in [0.4, 0.5) is 0 Å². The van der Waals surface area contributed by atoms with Gasteiger partial charge < -0.3 is 24.8 Å². The highest BCUT2D eigenvalue weighted by Gasteiger charge is 2.09. The van der Waals surface area contributed by atoms with E-state index in [4.69, 9.17) is 14.2 Å². The zero-order valence-corrected chi connectivity index (χ0v) is 19.0. The molecule has 1 aliphatic heterocycles. The van der Waals surface area contributed by atoms with E-state index >= 15 is 0 Å². The van der Waals surface area contributed by atoms with Gasteiger partial charge in [-0.1, -0.05) is 6.07 Å². The van der Waals surface area contributed by atoms with Crippen LogP contribution in [-0.4, -0.2) is 71.0 Å². The smallest absolute Gasteiger partial charge is 0.191 e. The number of ether oxygens (including phenoxy) is 3. The van der Waals surface area contributed by atoms with Gasteiger partial charge in [0.2, 0.25) is 0 Å². The minimum Gasteiger partial charge on any atom is -0.493 e. The second kappa shape index (κ2) is 13.8. The van der Waals surface area contributed by atoms with Gasteiger partial charge in [0.25, 0.3) is 0 Å². The lowest BCUT2D eigenvalue weighted by Crippen LogP contribution is -2.40. The normalized spacial score (nSPS) is 15.0. The fourth-order valence-corrected chi connectivity index (χ4v) is 2.83. The number of methoxy groups -OCH3 is 2. The van der Waals surface area contributed by atoms with Crippen molar-refractivity contribution in [1.29, 1.82) is 0 Å². The van der Waals surface area contributed by atoms with Gasteiger partial charge in [-0.2, -0.15) is 0 Å². The molecule has 154 valence electrons. The Balaban J connectivity index is 0.00000364. The van der Waals surface area contributed by atoms with E-state index in [0.717, 1.165) is 75.4 Å². The van der Waals surface area contributed by atoms with Crippen LogP contribution in [0, 0.1) is 0 Å². The number of hydrogen-bond donors (Lipinski definition) is 2. The van der Waals surface area contributed by atoms with E-state index in [1.54, 1.807) is 14.2 Å². The Morgan fingerprint density at radius 3 is 2.56 bits per heavy atom. The number of benzene rings is 1. The Morgan fingerprint density at radius 2 is 1.89 bits per heavy atom. The minimum absolute atomic E-state index is 0. The number of morpholine rings is 1. The molecule has 1 heterocycles. The van der Waals surface area contributed by atoms with Gasteiger partial charge in [-0.25, -0.2) is 4.99 Å². The Bertz CT molecular complexity index is 566. The maximum absolute atomic E-state index is 5.38. The molecule has 8 heteroatoms. The van der Waals surface area contributed by atoms with Crippen molar-refractivity contribution in [3.8, 4) is 11.5 Å². The lowest BCUT2D eigenvalue weighted by atomic mass is 10.2. The Hall–Kier alpha value is -1.26. The third-order valence-corrected chi connectivity index (χ3v) is 4.26. The lowest BCUT2D eigenvalue weighted by Gasteiger charge is -2.26. The number of nitrogens with zero attached hydrogens (tertiary/aromatic N) is 2. The van der Waals surface area contributed by atoms with E-state index in [1.807, 2.05) is 18.2 Å². The molecule has 2 N–H and O–H groups in total. The molecule has 1 fully saturated rings. The van der Waals surface area contributed by atoms with Crippen LogP contribution in [0.5, 0.6) is 11.5 Å². The fraction of sp³-hybridized carbons (Fsp3) is 0.632. The fourth-order valence-electron chi connectivity index (χ4n) is 2.83. The van der Waals surface area contributed by atoms with Crippen molar-refractivity contribution in [2.75, 3.05) is 60.2 Å². The minimum atomic E-state index is 0. The van der Waals surface area contributed by atoms with Crippen molar-refractivity contribution < 1.29 is 14.2 Å². The van der Waals surface area contributed by atoms with Crippen molar-refractivity contribution in [1.82, 2.24) is 15.5 Å². The van der Waals surface area contributed by atoms with Gasteiger partial charge >= 0.3 is 0 Å². The Morgan fingerprint density at radius 1 is 1.15 bits per heavy atom. The molecule has 0 aromatic heterocycles. The van der Waals surface area contributed by atoms with Gasteiger partial charge in [0, 0.05) is 26.2 Å². The summed E-state index contributed by atoms with van der Waals surface area (Å²) in [5.74, 6) is 2.29. The zero-order valence-electron chi connectivity index (χ0n) is 16.6. The van der Waals surface area contributed by atoms with Crippen molar-refractivity contribution >= 4 is 29.9 Å². The Kier molecular flexibility index (Phi) is 12.2. The topological polar surface area (TPSA) is 67.4 Å². The highest BCUT2D eigenvalue weighted by molar-refractivity contribution is 14.0. The molecular weight excluding hydrogens is 459 g/mol. The largest absolute Gasteiger partial charge is 0.493 e. The zero-order chi connectivity index (χ0) is 18.6. The van der Waals surface area contributed by atoms with Gasteiger partial charge in [0.1, 0.15) is 0 Å². The summed E-state index contributed by atoms with van der Waals surface area (Å²) in [7, 11) is 3.28. The van der Waals surface area contributed by atoms with Crippen LogP contribution < -0.4 is 20.1 Å². The van der Waals surface area contributed by atoms with Crippen molar-refractivity contribution in [2.24, 2.45) is 4.99 Å². The molecule has 0 saturated carbocycles.